The highest BCUT2D eigenvalue weighted by Gasteiger charge is 2.07. The van der Waals surface area contributed by atoms with Gasteiger partial charge in [-0.1, -0.05) is 35.9 Å². The maximum atomic E-state index is 11.1. The van der Waals surface area contributed by atoms with Crippen LogP contribution in [0, 0.1) is 0 Å². The zero-order valence-corrected chi connectivity index (χ0v) is 13.7. The fraction of sp³-hybridized carbons (Fsp3) is 0.167. The number of benzene rings is 2. The summed E-state index contributed by atoms with van der Waals surface area (Å²) in [5.41, 5.74) is 1.70. The smallest absolute Gasteiger partial charge is 0.330 e. The standard InChI is InChI=1S/C18H17ClO4/c1-21-17-11-13(8-10-18(20)22-2)7-9-16(17)23-12-14-5-3-4-6-15(14)19/h3-11H,12H2,1-2H3/b10-8+. The molecule has 0 radical (unpaired) electrons. The first-order chi connectivity index (χ1) is 11.1. The summed E-state index contributed by atoms with van der Waals surface area (Å²) >= 11 is 6.11. The topological polar surface area (TPSA) is 44.8 Å². The number of esters is 1. The largest absolute Gasteiger partial charge is 0.493 e. The summed E-state index contributed by atoms with van der Waals surface area (Å²) in [7, 11) is 2.89. The first-order valence-electron chi connectivity index (χ1n) is 6.94. The van der Waals surface area contributed by atoms with Crippen LogP contribution in [0.2, 0.25) is 5.02 Å². The molecule has 0 spiro atoms. The van der Waals surface area contributed by atoms with Crippen molar-refractivity contribution in [3.63, 3.8) is 0 Å². The van der Waals surface area contributed by atoms with Crippen LogP contribution < -0.4 is 9.47 Å². The molecular weight excluding hydrogens is 316 g/mol. The Bertz CT molecular complexity index is 710. The lowest BCUT2D eigenvalue weighted by atomic mass is 10.2. The molecule has 4 nitrogen and oxygen atoms in total. The zero-order valence-electron chi connectivity index (χ0n) is 12.9. The second kappa shape index (κ2) is 8.25. The van der Waals surface area contributed by atoms with Crippen molar-refractivity contribution in [1.82, 2.24) is 0 Å². The van der Waals surface area contributed by atoms with Crippen LogP contribution in [0.3, 0.4) is 0 Å². The third kappa shape index (κ3) is 4.76. The Morgan fingerprint density at radius 1 is 1.13 bits per heavy atom. The molecule has 0 N–H and O–H groups in total. The molecule has 0 aliphatic rings. The number of ether oxygens (including phenoxy) is 3. The van der Waals surface area contributed by atoms with Crippen LogP contribution in [-0.4, -0.2) is 20.2 Å². The first-order valence-corrected chi connectivity index (χ1v) is 7.32. The minimum atomic E-state index is -0.414. The maximum absolute atomic E-state index is 11.1. The van der Waals surface area contributed by atoms with E-state index >= 15 is 0 Å². The molecule has 0 unspecified atom stereocenters. The Morgan fingerprint density at radius 3 is 2.61 bits per heavy atom. The minimum Gasteiger partial charge on any atom is -0.493 e. The number of hydrogen-bond donors (Lipinski definition) is 0. The van der Waals surface area contributed by atoms with Crippen LogP contribution in [0.4, 0.5) is 0 Å². The normalized spacial score (nSPS) is 10.6. The predicted molar refractivity (Wildman–Crippen MR) is 89.8 cm³/mol. The maximum Gasteiger partial charge on any atom is 0.330 e. The first kappa shape index (κ1) is 16.9. The van der Waals surface area contributed by atoms with E-state index in [1.54, 1.807) is 25.3 Å². The summed E-state index contributed by atoms with van der Waals surface area (Å²) in [6.45, 7) is 0.341. The molecule has 0 saturated carbocycles. The van der Waals surface area contributed by atoms with E-state index < -0.39 is 5.97 Å². The van der Waals surface area contributed by atoms with E-state index in [1.807, 2.05) is 30.3 Å². The predicted octanol–water partition coefficient (Wildman–Crippen LogP) is 4.11. The van der Waals surface area contributed by atoms with Crippen molar-refractivity contribution in [3.05, 3.63) is 64.7 Å². The molecule has 0 heterocycles. The summed E-state index contributed by atoms with van der Waals surface area (Å²) in [6, 6.07) is 12.9. The van der Waals surface area contributed by atoms with Crippen molar-refractivity contribution in [3.8, 4) is 11.5 Å². The van der Waals surface area contributed by atoms with Crippen LogP contribution in [0.15, 0.2) is 48.5 Å². The quantitative estimate of drug-likeness (QED) is 0.590. The fourth-order valence-electron chi connectivity index (χ4n) is 1.91. The van der Waals surface area contributed by atoms with E-state index in [4.69, 9.17) is 21.1 Å². The lowest BCUT2D eigenvalue weighted by molar-refractivity contribution is -0.134. The van der Waals surface area contributed by atoms with Gasteiger partial charge in [0, 0.05) is 16.7 Å². The molecule has 0 amide bonds. The van der Waals surface area contributed by atoms with Crippen LogP contribution in [-0.2, 0) is 16.1 Å². The van der Waals surface area contributed by atoms with Crippen LogP contribution in [0.25, 0.3) is 6.08 Å². The van der Waals surface area contributed by atoms with Gasteiger partial charge in [-0.2, -0.15) is 0 Å². The van der Waals surface area contributed by atoms with Gasteiger partial charge in [-0.25, -0.2) is 4.79 Å². The molecule has 5 heteroatoms. The summed E-state index contributed by atoms with van der Waals surface area (Å²) in [4.78, 5) is 11.1. The Hall–Kier alpha value is -2.46. The number of rotatable bonds is 6. The van der Waals surface area contributed by atoms with Gasteiger partial charge in [-0.3, -0.25) is 0 Å². The van der Waals surface area contributed by atoms with E-state index in [0.29, 0.717) is 23.1 Å². The average Bonchev–Trinajstić information content (AvgIpc) is 2.59. The fourth-order valence-corrected chi connectivity index (χ4v) is 2.10. The highest BCUT2D eigenvalue weighted by Crippen LogP contribution is 2.30. The third-order valence-corrected chi connectivity index (χ3v) is 3.51. The zero-order chi connectivity index (χ0) is 16.7. The summed E-state index contributed by atoms with van der Waals surface area (Å²) in [6.07, 6.45) is 2.99. The molecule has 0 atom stereocenters. The molecule has 2 rings (SSSR count). The molecule has 0 aliphatic heterocycles. The van der Waals surface area contributed by atoms with E-state index in [0.717, 1.165) is 11.1 Å². The summed E-state index contributed by atoms with van der Waals surface area (Å²) in [5, 5.41) is 0.657. The highest BCUT2D eigenvalue weighted by atomic mass is 35.5. The van der Waals surface area contributed by atoms with Crippen molar-refractivity contribution < 1.29 is 19.0 Å². The van der Waals surface area contributed by atoms with Gasteiger partial charge in [0.1, 0.15) is 6.61 Å². The Balaban J connectivity index is 2.12. The number of methoxy groups -OCH3 is 2. The summed E-state index contributed by atoms with van der Waals surface area (Å²) in [5.74, 6) is 0.759. The van der Waals surface area contributed by atoms with Crippen molar-refractivity contribution in [2.24, 2.45) is 0 Å². The highest BCUT2D eigenvalue weighted by molar-refractivity contribution is 6.31. The molecular formula is C18H17ClO4. The number of carbonyl (C=O) groups excluding carboxylic acids is 1. The molecule has 120 valence electrons. The number of halogens is 1. The molecule has 0 fully saturated rings. The average molecular weight is 333 g/mol. The van der Waals surface area contributed by atoms with Gasteiger partial charge >= 0.3 is 5.97 Å². The van der Waals surface area contributed by atoms with Crippen molar-refractivity contribution in [2.75, 3.05) is 14.2 Å². The van der Waals surface area contributed by atoms with Crippen molar-refractivity contribution in [1.29, 1.82) is 0 Å². The van der Waals surface area contributed by atoms with Gasteiger partial charge in [0.15, 0.2) is 11.5 Å². The Morgan fingerprint density at radius 2 is 1.91 bits per heavy atom. The number of carbonyl (C=O) groups is 1. The molecule has 0 bridgehead atoms. The van der Waals surface area contributed by atoms with Gasteiger partial charge in [0.25, 0.3) is 0 Å². The molecule has 23 heavy (non-hydrogen) atoms. The van der Waals surface area contributed by atoms with Gasteiger partial charge in [0.2, 0.25) is 0 Å². The van der Waals surface area contributed by atoms with Crippen molar-refractivity contribution >= 4 is 23.6 Å². The second-order valence-electron chi connectivity index (χ2n) is 4.65. The molecule has 0 aliphatic carbocycles. The van der Waals surface area contributed by atoms with E-state index in [9.17, 15) is 4.79 Å². The van der Waals surface area contributed by atoms with Gasteiger partial charge in [0.05, 0.1) is 14.2 Å². The van der Waals surface area contributed by atoms with Gasteiger partial charge in [-0.05, 0) is 29.8 Å². The monoisotopic (exact) mass is 332 g/mol. The Kier molecular flexibility index (Phi) is 6.06. The summed E-state index contributed by atoms with van der Waals surface area (Å²) < 4.78 is 15.7. The molecule has 2 aromatic rings. The van der Waals surface area contributed by atoms with E-state index in [1.165, 1.54) is 13.2 Å². The lowest BCUT2D eigenvalue weighted by Crippen LogP contribution is -1.98. The SMILES string of the molecule is COC(=O)/C=C/c1ccc(OCc2ccccc2Cl)c(OC)c1. The second-order valence-corrected chi connectivity index (χ2v) is 5.05. The van der Waals surface area contributed by atoms with Gasteiger partial charge < -0.3 is 14.2 Å². The van der Waals surface area contributed by atoms with Crippen LogP contribution >= 0.6 is 11.6 Å². The minimum absolute atomic E-state index is 0.341. The number of hydrogen-bond acceptors (Lipinski definition) is 4. The van der Waals surface area contributed by atoms with Crippen molar-refractivity contribution in [2.45, 2.75) is 6.61 Å². The van der Waals surface area contributed by atoms with Gasteiger partial charge in [-0.15, -0.1) is 0 Å². The Labute approximate surface area is 140 Å². The van der Waals surface area contributed by atoms with Crippen LogP contribution in [0.5, 0.6) is 11.5 Å². The molecule has 0 saturated heterocycles. The lowest BCUT2D eigenvalue weighted by Gasteiger charge is -2.12. The van der Waals surface area contributed by atoms with E-state index in [2.05, 4.69) is 4.74 Å². The molecule has 0 aromatic heterocycles. The third-order valence-electron chi connectivity index (χ3n) is 3.14. The van der Waals surface area contributed by atoms with Crippen LogP contribution in [0.1, 0.15) is 11.1 Å². The molecule has 2 aromatic carbocycles. The van der Waals surface area contributed by atoms with E-state index in [-0.39, 0.29) is 0 Å².